The summed E-state index contributed by atoms with van der Waals surface area (Å²) in [6.45, 7) is 6.46. The predicted octanol–water partition coefficient (Wildman–Crippen LogP) is 4.79. The standard InChI is InChI=1S/C21H24N4O2/c1-21(2,3)17-12-7-6-11-16(17)19-23-18(24-27-19)14-9-8-10-15(13-14)22-20(26)25(4)5/h6-13H,1-5H3,(H,22,26). The van der Waals surface area contributed by atoms with Gasteiger partial charge >= 0.3 is 6.03 Å². The molecule has 3 aromatic rings. The Bertz CT molecular complexity index is 955. The predicted molar refractivity (Wildman–Crippen MR) is 107 cm³/mol. The van der Waals surface area contributed by atoms with Gasteiger partial charge < -0.3 is 14.7 Å². The SMILES string of the molecule is CN(C)C(=O)Nc1cccc(-c2noc(-c3ccccc3C(C)(C)C)n2)c1. The molecule has 0 unspecified atom stereocenters. The van der Waals surface area contributed by atoms with Gasteiger partial charge in [-0.2, -0.15) is 4.98 Å². The van der Waals surface area contributed by atoms with Crippen LogP contribution in [0.4, 0.5) is 10.5 Å². The highest BCUT2D eigenvalue weighted by Gasteiger charge is 2.21. The van der Waals surface area contributed by atoms with Gasteiger partial charge in [0.1, 0.15) is 0 Å². The van der Waals surface area contributed by atoms with Crippen LogP contribution in [0.25, 0.3) is 22.8 Å². The number of urea groups is 1. The lowest BCUT2D eigenvalue weighted by Crippen LogP contribution is -2.27. The molecule has 0 aliphatic rings. The van der Waals surface area contributed by atoms with Crippen LogP contribution in [0.3, 0.4) is 0 Å². The monoisotopic (exact) mass is 364 g/mol. The van der Waals surface area contributed by atoms with E-state index in [1.807, 2.05) is 42.5 Å². The summed E-state index contributed by atoms with van der Waals surface area (Å²) in [5, 5.41) is 6.95. The molecule has 0 aliphatic heterocycles. The number of hydrogen-bond acceptors (Lipinski definition) is 4. The van der Waals surface area contributed by atoms with E-state index in [-0.39, 0.29) is 11.4 Å². The molecule has 1 N–H and O–H groups in total. The van der Waals surface area contributed by atoms with Crippen LogP contribution in [0.5, 0.6) is 0 Å². The fraction of sp³-hybridized carbons (Fsp3) is 0.286. The van der Waals surface area contributed by atoms with E-state index in [9.17, 15) is 4.79 Å². The normalized spacial score (nSPS) is 11.3. The molecule has 6 heteroatoms. The van der Waals surface area contributed by atoms with Gasteiger partial charge in [-0.3, -0.25) is 0 Å². The molecular formula is C21H24N4O2. The van der Waals surface area contributed by atoms with E-state index >= 15 is 0 Å². The number of benzene rings is 2. The van der Waals surface area contributed by atoms with Crippen molar-refractivity contribution in [2.45, 2.75) is 26.2 Å². The minimum absolute atomic E-state index is 0.0401. The largest absolute Gasteiger partial charge is 0.334 e. The molecule has 0 spiro atoms. The summed E-state index contributed by atoms with van der Waals surface area (Å²) < 4.78 is 5.54. The highest BCUT2D eigenvalue weighted by molar-refractivity contribution is 5.89. The van der Waals surface area contributed by atoms with Gasteiger partial charge in [0.05, 0.1) is 0 Å². The zero-order chi connectivity index (χ0) is 19.6. The highest BCUT2D eigenvalue weighted by Crippen LogP contribution is 2.33. The van der Waals surface area contributed by atoms with Crippen LogP contribution in [0.15, 0.2) is 53.1 Å². The molecule has 1 aromatic heterocycles. The van der Waals surface area contributed by atoms with E-state index in [1.54, 1.807) is 14.1 Å². The molecule has 0 bridgehead atoms. The highest BCUT2D eigenvalue weighted by atomic mass is 16.5. The topological polar surface area (TPSA) is 71.3 Å². The Morgan fingerprint density at radius 3 is 2.52 bits per heavy atom. The lowest BCUT2D eigenvalue weighted by molar-refractivity contribution is 0.230. The van der Waals surface area contributed by atoms with Gasteiger partial charge in [-0.25, -0.2) is 4.79 Å². The van der Waals surface area contributed by atoms with Crippen molar-refractivity contribution in [1.29, 1.82) is 0 Å². The van der Waals surface area contributed by atoms with E-state index in [1.165, 1.54) is 4.90 Å². The number of nitrogens with one attached hydrogen (secondary N) is 1. The van der Waals surface area contributed by atoms with E-state index in [4.69, 9.17) is 4.52 Å². The van der Waals surface area contributed by atoms with Gasteiger partial charge in [-0.05, 0) is 29.2 Å². The zero-order valence-corrected chi connectivity index (χ0v) is 16.3. The summed E-state index contributed by atoms with van der Waals surface area (Å²) in [5.41, 5.74) is 3.48. The Hall–Kier alpha value is -3.15. The molecule has 0 saturated heterocycles. The van der Waals surface area contributed by atoms with Crippen LogP contribution in [-0.4, -0.2) is 35.2 Å². The van der Waals surface area contributed by atoms with E-state index in [0.717, 1.165) is 16.7 Å². The average molecular weight is 364 g/mol. The number of anilines is 1. The maximum atomic E-state index is 11.8. The summed E-state index contributed by atoms with van der Waals surface area (Å²) in [6, 6.07) is 15.2. The smallest absolute Gasteiger partial charge is 0.321 e. The Balaban J connectivity index is 1.93. The number of rotatable bonds is 3. The van der Waals surface area contributed by atoms with Crippen LogP contribution in [0.1, 0.15) is 26.3 Å². The second-order valence-corrected chi connectivity index (χ2v) is 7.62. The van der Waals surface area contributed by atoms with E-state index in [2.05, 4.69) is 42.3 Å². The molecule has 0 aliphatic carbocycles. The molecule has 0 fully saturated rings. The third-order valence-electron chi connectivity index (χ3n) is 4.17. The van der Waals surface area contributed by atoms with E-state index < -0.39 is 0 Å². The summed E-state index contributed by atoms with van der Waals surface area (Å²) >= 11 is 0. The molecule has 3 rings (SSSR count). The second-order valence-electron chi connectivity index (χ2n) is 7.62. The molecule has 0 saturated carbocycles. The molecule has 6 nitrogen and oxygen atoms in total. The van der Waals surface area contributed by atoms with Crippen molar-refractivity contribution in [2.75, 3.05) is 19.4 Å². The lowest BCUT2D eigenvalue weighted by Gasteiger charge is -2.21. The zero-order valence-electron chi connectivity index (χ0n) is 16.3. The molecule has 1 heterocycles. The van der Waals surface area contributed by atoms with Crippen LogP contribution in [0.2, 0.25) is 0 Å². The Labute approximate surface area is 159 Å². The van der Waals surface area contributed by atoms with Gasteiger partial charge in [0.2, 0.25) is 5.82 Å². The maximum absolute atomic E-state index is 11.8. The second kappa shape index (κ2) is 7.23. The molecule has 2 aromatic carbocycles. The number of aromatic nitrogens is 2. The fourth-order valence-corrected chi connectivity index (χ4v) is 2.75. The lowest BCUT2D eigenvalue weighted by atomic mass is 9.84. The van der Waals surface area contributed by atoms with E-state index in [0.29, 0.717) is 17.4 Å². The van der Waals surface area contributed by atoms with Crippen molar-refractivity contribution >= 4 is 11.7 Å². The molecule has 27 heavy (non-hydrogen) atoms. The summed E-state index contributed by atoms with van der Waals surface area (Å²) in [5.74, 6) is 0.966. The summed E-state index contributed by atoms with van der Waals surface area (Å²) in [7, 11) is 3.38. The van der Waals surface area contributed by atoms with Crippen molar-refractivity contribution in [1.82, 2.24) is 15.0 Å². The first-order chi connectivity index (χ1) is 12.8. The van der Waals surface area contributed by atoms with Gasteiger partial charge in [0.25, 0.3) is 5.89 Å². The molecule has 0 radical (unpaired) electrons. The molecule has 2 amide bonds. The first-order valence-corrected chi connectivity index (χ1v) is 8.78. The van der Waals surface area contributed by atoms with Crippen LogP contribution < -0.4 is 5.32 Å². The minimum Gasteiger partial charge on any atom is -0.334 e. The quantitative estimate of drug-likeness (QED) is 0.725. The van der Waals surface area contributed by atoms with Crippen molar-refractivity contribution < 1.29 is 9.32 Å². The summed E-state index contributed by atoms with van der Waals surface area (Å²) in [4.78, 5) is 17.9. The Morgan fingerprint density at radius 1 is 1.07 bits per heavy atom. The Morgan fingerprint density at radius 2 is 1.81 bits per heavy atom. The van der Waals surface area contributed by atoms with Crippen LogP contribution >= 0.6 is 0 Å². The average Bonchev–Trinajstić information content (AvgIpc) is 3.11. The van der Waals surface area contributed by atoms with Crippen molar-refractivity contribution in [2.24, 2.45) is 0 Å². The first kappa shape index (κ1) is 18.6. The summed E-state index contributed by atoms with van der Waals surface area (Å²) in [6.07, 6.45) is 0. The minimum atomic E-state index is -0.194. The van der Waals surface area contributed by atoms with Gasteiger partial charge in [-0.1, -0.05) is 56.3 Å². The third kappa shape index (κ3) is 4.16. The number of amides is 2. The molecule has 140 valence electrons. The molecule has 0 atom stereocenters. The fourth-order valence-electron chi connectivity index (χ4n) is 2.75. The van der Waals surface area contributed by atoms with Gasteiger partial charge in [0.15, 0.2) is 0 Å². The number of nitrogens with zero attached hydrogens (tertiary/aromatic N) is 3. The third-order valence-corrected chi connectivity index (χ3v) is 4.17. The number of carbonyl (C=O) groups excluding carboxylic acids is 1. The number of carbonyl (C=O) groups is 1. The van der Waals surface area contributed by atoms with Gasteiger partial charge in [-0.15, -0.1) is 0 Å². The van der Waals surface area contributed by atoms with Gasteiger partial charge in [0, 0.05) is 30.9 Å². The maximum Gasteiger partial charge on any atom is 0.321 e. The Kier molecular flexibility index (Phi) is 4.99. The van der Waals surface area contributed by atoms with Crippen LogP contribution in [-0.2, 0) is 5.41 Å². The first-order valence-electron chi connectivity index (χ1n) is 8.78. The number of hydrogen-bond donors (Lipinski definition) is 1. The van der Waals surface area contributed by atoms with Crippen molar-refractivity contribution in [3.8, 4) is 22.8 Å². The van der Waals surface area contributed by atoms with Crippen molar-refractivity contribution in [3.05, 3.63) is 54.1 Å². The van der Waals surface area contributed by atoms with Crippen LogP contribution in [0, 0.1) is 0 Å². The van der Waals surface area contributed by atoms with Crippen molar-refractivity contribution in [3.63, 3.8) is 0 Å². The molecular weight excluding hydrogens is 340 g/mol.